The second-order valence-corrected chi connectivity index (χ2v) is 6.78. The fourth-order valence-electron chi connectivity index (χ4n) is 2.05. The second-order valence-electron chi connectivity index (χ2n) is 4.84. The number of aryl methyl sites for hydroxylation is 1. The monoisotopic (exact) mass is 315 g/mol. The van der Waals surface area contributed by atoms with Crippen molar-refractivity contribution < 1.29 is 18.3 Å². The molecule has 1 aromatic rings. The molecule has 0 aliphatic heterocycles. The standard InChI is InChI=1S/C15H25NO4S/c1-4-6-9-16(10-11-17)21(18,19)14-7-8-15(20-5-2)13(3)12-14/h7-8,12,17H,4-6,9-11H2,1-3H3. The van der Waals surface area contributed by atoms with E-state index in [4.69, 9.17) is 9.84 Å². The van der Waals surface area contributed by atoms with Crippen LogP contribution in [0, 0.1) is 6.92 Å². The number of unbranched alkanes of at least 4 members (excludes halogenated alkanes) is 1. The molecule has 0 saturated carbocycles. The first-order valence-electron chi connectivity index (χ1n) is 7.31. The van der Waals surface area contributed by atoms with Crippen molar-refractivity contribution >= 4 is 10.0 Å². The maximum Gasteiger partial charge on any atom is 0.243 e. The van der Waals surface area contributed by atoms with E-state index in [2.05, 4.69) is 0 Å². The molecular formula is C15H25NO4S. The van der Waals surface area contributed by atoms with Gasteiger partial charge in [-0.3, -0.25) is 0 Å². The number of hydrogen-bond acceptors (Lipinski definition) is 4. The van der Waals surface area contributed by atoms with Gasteiger partial charge in [-0.1, -0.05) is 13.3 Å². The minimum atomic E-state index is -3.57. The Morgan fingerprint density at radius 1 is 1.24 bits per heavy atom. The summed E-state index contributed by atoms with van der Waals surface area (Å²) in [5.41, 5.74) is 0.789. The summed E-state index contributed by atoms with van der Waals surface area (Å²) in [7, 11) is -3.57. The number of benzene rings is 1. The van der Waals surface area contributed by atoms with E-state index >= 15 is 0 Å². The number of hydrogen-bond donors (Lipinski definition) is 1. The maximum atomic E-state index is 12.6. The molecule has 0 unspecified atom stereocenters. The van der Waals surface area contributed by atoms with Crippen molar-refractivity contribution in [2.75, 3.05) is 26.3 Å². The number of rotatable bonds is 9. The van der Waals surface area contributed by atoms with Gasteiger partial charge in [-0.2, -0.15) is 4.31 Å². The second kappa shape index (κ2) is 8.36. The minimum Gasteiger partial charge on any atom is -0.494 e. The Kier molecular flexibility index (Phi) is 7.14. The minimum absolute atomic E-state index is 0.120. The molecule has 1 N–H and O–H groups in total. The highest BCUT2D eigenvalue weighted by molar-refractivity contribution is 7.89. The smallest absolute Gasteiger partial charge is 0.243 e. The molecule has 0 amide bonds. The predicted octanol–water partition coefficient (Wildman–Crippen LogP) is 2.18. The van der Waals surface area contributed by atoms with Gasteiger partial charge in [0.25, 0.3) is 0 Å². The zero-order valence-corrected chi connectivity index (χ0v) is 13.8. The van der Waals surface area contributed by atoms with Crippen LogP contribution in [0.4, 0.5) is 0 Å². The van der Waals surface area contributed by atoms with Crippen molar-refractivity contribution in [3.63, 3.8) is 0 Å². The van der Waals surface area contributed by atoms with Crippen LogP contribution in [0.2, 0.25) is 0 Å². The molecule has 5 nitrogen and oxygen atoms in total. The van der Waals surface area contributed by atoms with Gasteiger partial charge < -0.3 is 9.84 Å². The van der Waals surface area contributed by atoms with Crippen LogP contribution in [-0.2, 0) is 10.0 Å². The summed E-state index contributed by atoms with van der Waals surface area (Å²) < 4.78 is 32.0. The molecule has 0 radical (unpaired) electrons. The van der Waals surface area contributed by atoms with E-state index in [1.54, 1.807) is 18.2 Å². The van der Waals surface area contributed by atoms with Gasteiger partial charge in [-0.05, 0) is 44.0 Å². The quantitative estimate of drug-likeness (QED) is 0.758. The van der Waals surface area contributed by atoms with E-state index in [1.807, 2.05) is 20.8 Å². The van der Waals surface area contributed by atoms with E-state index in [0.717, 1.165) is 18.4 Å². The van der Waals surface area contributed by atoms with Crippen molar-refractivity contribution in [3.8, 4) is 5.75 Å². The highest BCUT2D eigenvalue weighted by Gasteiger charge is 2.24. The Labute approximate surface area is 127 Å². The molecule has 1 rings (SSSR count). The van der Waals surface area contributed by atoms with Crippen LogP contribution < -0.4 is 4.74 Å². The average molecular weight is 315 g/mol. The molecule has 0 fully saturated rings. The van der Waals surface area contributed by atoms with Crippen molar-refractivity contribution in [2.45, 2.75) is 38.5 Å². The topological polar surface area (TPSA) is 66.8 Å². The van der Waals surface area contributed by atoms with Crippen LogP contribution in [0.5, 0.6) is 5.75 Å². The van der Waals surface area contributed by atoms with Crippen molar-refractivity contribution in [1.29, 1.82) is 0 Å². The summed E-state index contributed by atoms with van der Waals surface area (Å²) in [4.78, 5) is 0.244. The molecule has 1 aromatic carbocycles. The van der Waals surface area contributed by atoms with Gasteiger partial charge in [0.15, 0.2) is 0 Å². The highest BCUT2D eigenvalue weighted by atomic mass is 32.2. The van der Waals surface area contributed by atoms with Crippen LogP contribution in [-0.4, -0.2) is 44.1 Å². The summed E-state index contributed by atoms with van der Waals surface area (Å²) >= 11 is 0. The van der Waals surface area contributed by atoms with E-state index in [-0.39, 0.29) is 18.0 Å². The van der Waals surface area contributed by atoms with Gasteiger partial charge in [0.2, 0.25) is 10.0 Å². The van der Waals surface area contributed by atoms with E-state index in [9.17, 15) is 8.42 Å². The van der Waals surface area contributed by atoms with Crippen LogP contribution in [0.25, 0.3) is 0 Å². The number of aliphatic hydroxyl groups is 1. The van der Waals surface area contributed by atoms with Gasteiger partial charge in [-0.15, -0.1) is 0 Å². The molecule has 0 heterocycles. The van der Waals surface area contributed by atoms with Gasteiger partial charge in [0, 0.05) is 13.1 Å². The molecule has 0 aromatic heterocycles. The lowest BCUT2D eigenvalue weighted by molar-refractivity contribution is 0.252. The lowest BCUT2D eigenvalue weighted by Gasteiger charge is -2.21. The summed E-state index contributed by atoms with van der Waals surface area (Å²) in [5, 5.41) is 9.09. The molecule has 120 valence electrons. The summed E-state index contributed by atoms with van der Waals surface area (Å²) in [5.74, 6) is 0.693. The number of nitrogens with zero attached hydrogens (tertiary/aromatic N) is 1. The normalized spacial score (nSPS) is 11.9. The maximum absolute atomic E-state index is 12.6. The van der Waals surface area contributed by atoms with Gasteiger partial charge in [-0.25, -0.2) is 8.42 Å². The molecule has 6 heteroatoms. The number of sulfonamides is 1. The lowest BCUT2D eigenvalue weighted by Crippen LogP contribution is -2.34. The van der Waals surface area contributed by atoms with E-state index in [1.165, 1.54) is 4.31 Å². The average Bonchev–Trinajstić information content (AvgIpc) is 2.45. The number of ether oxygens (including phenoxy) is 1. The molecule has 0 aliphatic carbocycles. The van der Waals surface area contributed by atoms with Crippen LogP contribution in [0.1, 0.15) is 32.3 Å². The fourth-order valence-corrected chi connectivity index (χ4v) is 3.60. The first-order valence-corrected chi connectivity index (χ1v) is 8.75. The fraction of sp³-hybridized carbons (Fsp3) is 0.600. The predicted molar refractivity (Wildman–Crippen MR) is 83.1 cm³/mol. The molecule has 0 atom stereocenters. The number of aliphatic hydroxyl groups excluding tert-OH is 1. The van der Waals surface area contributed by atoms with Crippen molar-refractivity contribution in [2.24, 2.45) is 0 Å². The Bertz CT molecular complexity index is 543. The van der Waals surface area contributed by atoms with Crippen LogP contribution >= 0.6 is 0 Å². The Morgan fingerprint density at radius 3 is 2.48 bits per heavy atom. The molecule has 0 aliphatic rings. The third-order valence-corrected chi connectivity index (χ3v) is 5.09. The summed E-state index contributed by atoms with van der Waals surface area (Å²) in [6.45, 7) is 6.62. The zero-order chi connectivity index (χ0) is 15.9. The molecular weight excluding hydrogens is 290 g/mol. The molecule has 0 saturated heterocycles. The van der Waals surface area contributed by atoms with E-state index in [0.29, 0.717) is 18.9 Å². The molecule has 21 heavy (non-hydrogen) atoms. The first-order chi connectivity index (χ1) is 9.97. The highest BCUT2D eigenvalue weighted by Crippen LogP contribution is 2.24. The lowest BCUT2D eigenvalue weighted by atomic mass is 10.2. The first kappa shape index (κ1) is 17.9. The van der Waals surface area contributed by atoms with Crippen LogP contribution in [0.3, 0.4) is 0 Å². The van der Waals surface area contributed by atoms with Crippen LogP contribution in [0.15, 0.2) is 23.1 Å². The Hall–Kier alpha value is -1.11. The van der Waals surface area contributed by atoms with Crippen molar-refractivity contribution in [3.05, 3.63) is 23.8 Å². The van der Waals surface area contributed by atoms with Gasteiger partial charge >= 0.3 is 0 Å². The largest absolute Gasteiger partial charge is 0.494 e. The third kappa shape index (κ3) is 4.69. The summed E-state index contributed by atoms with van der Waals surface area (Å²) in [6, 6.07) is 4.86. The SMILES string of the molecule is CCCCN(CCO)S(=O)(=O)c1ccc(OCC)c(C)c1. The zero-order valence-electron chi connectivity index (χ0n) is 13.0. The third-order valence-electron chi connectivity index (χ3n) is 3.19. The molecule has 0 bridgehead atoms. The van der Waals surface area contributed by atoms with Crippen molar-refractivity contribution in [1.82, 2.24) is 4.31 Å². The Morgan fingerprint density at radius 2 is 1.95 bits per heavy atom. The molecule has 0 spiro atoms. The van der Waals surface area contributed by atoms with Gasteiger partial charge in [0.05, 0.1) is 18.1 Å². The summed E-state index contributed by atoms with van der Waals surface area (Å²) in [6.07, 6.45) is 1.68. The van der Waals surface area contributed by atoms with Gasteiger partial charge in [0.1, 0.15) is 5.75 Å². The Balaban J connectivity index is 3.06. The van der Waals surface area contributed by atoms with E-state index < -0.39 is 10.0 Å².